The van der Waals surface area contributed by atoms with Gasteiger partial charge in [0, 0.05) is 31.1 Å². The Bertz CT molecular complexity index is 420. The Hall–Kier alpha value is -0.770. The molecule has 0 fully saturated rings. The van der Waals surface area contributed by atoms with E-state index in [1.54, 1.807) is 0 Å². The average Bonchev–Trinajstić information content (AvgIpc) is 2.82. The number of aliphatic hydroxyl groups is 1. The van der Waals surface area contributed by atoms with Crippen LogP contribution < -0.4 is 4.74 Å². The largest absolute Gasteiger partial charge is 0.493 e. The lowest BCUT2D eigenvalue weighted by Gasteiger charge is -2.14. The first kappa shape index (κ1) is 14.6. The van der Waals surface area contributed by atoms with Crippen LogP contribution in [0.5, 0.6) is 5.75 Å². The maximum absolute atomic E-state index is 10.0. The Labute approximate surface area is 119 Å². The maximum Gasteiger partial charge on any atom is 0.126 e. The zero-order valence-corrected chi connectivity index (χ0v) is 12.1. The van der Waals surface area contributed by atoms with Crippen molar-refractivity contribution in [2.24, 2.45) is 0 Å². The number of hydrogen-bond acceptors (Lipinski definition) is 3. The average molecular weight is 285 g/mol. The van der Waals surface area contributed by atoms with E-state index in [4.69, 9.17) is 21.1 Å². The molecule has 1 aliphatic rings. The van der Waals surface area contributed by atoms with Crippen LogP contribution in [0.15, 0.2) is 12.1 Å². The van der Waals surface area contributed by atoms with E-state index in [0.717, 1.165) is 36.3 Å². The molecule has 0 saturated heterocycles. The molecule has 19 heavy (non-hydrogen) atoms. The van der Waals surface area contributed by atoms with Gasteiger partial charge in [0.05, 0.1) is 12.7 Å². The smallest absolute Gasteiger partial charge is 0.126 e. The van der Waals surface area contributed by atoms with E-state index in [2.05, 4.69) is 6.92 Å². The van der Waals surface area contributed by atoms with Gasteiger partial charge in [-0.1, -0.05) is 18.5 Å². The van der Waals surface area contributed by atoms with E-state index in [1.165, 1.54) is 0 Å². The Morgan fingerprint density at radius 2 is 2.26 bits per heavy atom. The van der Waals surface area contributed by atoms with Crippen LogP contribution in [0.25, 0.3) is 0 Å². The van der Waals surface area contributed by atoms with Gasteiger partial charge in [-0.15, -0.1) is 0 Å². The summed E-state index contributed by atoms with van der Waals surface area (Å²) in [6.45, 7) is 4.13. The zero-order chi connectivity index (χ0) is 13.7. The van der Waals surface area contributed by atoms with Gasteiger partial charge in [0.25, 0.3) is 0 Å². The summed E-state index contributed by atoms with van der Waals surface area (Å²) in [6.07, 6.45) is 2.70. The quantitative estimate of drug-likeness (QED) is 0.782. The van der Waals surface area contributed by atoms with Crippen LogP contribution in [0, 0.1) is 0 Å². The number of fused-ring (bicyclic) bond motifs is 1. The molecule has 1 unspecified atom stereocenters. The minimum atomic E-state index is -0.413. The molecule has 3 nitrogen and oxygen atoms in total. The first-order valence-electron chi connectivity index (χ1n) is 6.90. The first-order chi connectivity index (χ1) is 9.20. The first-order valence-corrected chi connectivity index (χ1v) is 7.28. The lowest BCUT2D eigenvalue weighted by Crippen LogP contribution is -2.14. The van der Waals surface area contributed by atoms with Crippen LogP contribution in [0.4, 0.5) is 0 Å². The molecule has 106 valence electrons. The van der Waals surface area contributed by atoms with Crippen LogP contribution in [0.3, 0.4) is 0 Å². The molecule has 1 aromatic carbocycles. The highest BCUT2D eigenvalue weighted by atomic mass is 35.5. The lowest BCUT2D eigenvalue weighted by atomic mass is 10.0. The maximum atomic E-state index is 10.0. The standard InChI is InChI=1S/C15H21ClO3/c1-2-5-18-6-4-14(17)10-12-9-13(16)8-11-3-7-19-15(11)12/h8-9,14,17H,2-7,10H2,1H3. The monoisotopic (exact) mass is 284 g/mol. The Balaban J connectivity index is 1.92. The second kappa shape index (κ2) is 7.13. The molecule has 1 N–H and O–H groups in total. The highest BCUT2D eigenvalue weighted by Gasteiger charge is 2.19. The van der Waals surface area contributed by atoms with Gasteiger partial charge in [-0.05, 0) is 36.1 Å². The zero-order valence-electron chi connectivity index (χ0n) is 11.3. The van der Waals surface area contributed by atoms with E-state index in [1.807, 2.05) is 12.1 Å². The molecular formula is C15H21ClO3. The third-order valence-electron chi connectivity index (χ3n) is 3.22. The van der Waals surface area contributed by atoms with Gasteiger partial charge in [0.1, 0.15) is 5.75 Å². The van der Waals surface area contributed by atoms with Crippen molar-refractivity contribution in [2.45, 2.75) is 38.7 Å². The second-order valence-electron chi connectivity index (χ2n) is 4.91. The summed E-state index contributed by atoms with van der Waals surface area (Å²) in [5.41, 5.74) is 2.15. The van der Waals surface area contributed by atoms with Crippen molar-refractivity contribution in [2.75, 3.05) is 19.8 Å². The summed E-state index contributed by atoms with van der Waals surface area (Å²) < 4.78 is 11.0. The predicted molar refractivity (Wildman–Crippen MR) is 76.1 cm³/mol. The molecule has 1 aromatic rings. The highest BCUT2D eigenvalue weighted by Crippen LogP contribution is 2.33. The molecule has 2 rings (SSSR count). The molecule has 1 aliphatic heterocycles. The van der Waals surface area contributed by atoms with E-state index in [0.29, 0.717) is 31.1 Å². The van der Waals surface area contributed by atoms with Gasteiger partial charge in [0.15, 0.2) is 0 Å². The van der Waals surface area contributed by atoms with Crippen molar-refractivity contribution in [1.82, 2.24) is 0 Å². The van der Waals surface area contributed by atoms with Gasteiger partial charge >= 0.3 is 0 Å². The normalized spacial score (nSPS) is 15.1. The minimum Gasteiger partial charge on any atom is -0.493 e. The summed E-state index contributed by atoms with van der Waals surface area (Å²) in [6, 6.07) is 3.84. The van der Waals surface area contributed by atoms with E-state index in [9.17, 15) is 5.11 Å². The van der Waals surface area contributed by atoms with Crippen molar-refractivity contribution < 1.29 is 14.6 Å². The van der Waals surface area contributed by atoms with Crippen molar-refractivity contribution in [3.8, 4) is 5.75 Å². The molecule has 1 atom stereocenters. The number of rotatable bonds is 7. The van der Waals surface area contributed by atoms with Crippen molar-refractivity contribution in [3.05, 3.63) is 28.3 Å². The third-order valence-corrected chi connectivity index (χ3v) is 3.44. The van der Waals surface area contributed by atoms with Crippen LogP contribution in [-0.4, -0.2) is 31.0 Å². The van der Waals surface area contributed by atoms with Gasteiger partial charge in [0.2, 0.25) is 0 Å². The van der Waals surface area contributed by atoms with Crippen LogP contribution in [-0.2, 0) is 17.6 Å². The Morgan fingerprint density at radius 1 is 1.42 bits per heavy atom. The van der Waals surface area contributed by atoms with Gasteiger partial charge < -0.3 is 14.6 Å². The number of ether oxygens (including phenoxy) is 2. The minimum absolute atomic E-state index is 0.413. The van der Waals surface area contributed by atoms with E-state index < -0.39 is 6.10 Å². The number of hydrogen-bond donors (Lipinski definition) is 1. The van der Waals surface area contributed by atoms with Crippen LogP contribution in [0.2, 0.25) is 5.02 Å². The fraction of sp³-hybridized carbons (Fsp3) is 0.600. The SMILES string of the molecule is CCCOCCC(O)Cc1cc(Cl)cc2c1OCC2. The molecule has 0 aromatic heterocycles. The van der Waals surface area contributed by atoms with Crippen molar-refractivity contribution >= 4 is 11.6 Å². The van der Waals surface area contributed by atoms with Crippen molar-refractivity contribution in [3.63, 3.8) is 0 Å². The summed E-state index contributed by atoms with van der Waals surface area (Å²) >= 11 is 6.10. The summed E-state index contributed by atoms with van der Waals surface area (Å²) in [5, 5.41) is 10.8. The number of benzene rings is 1. The van der Waals surface area contributed by atoms with Gasteiger partial charge in [-0.2, -0.15) is 0 Å². The molecule has 0 saturated carbocycles. The van der Waals surface area contributed by atoms with Crippen LogP contribution in [0.1, 0.15) is 30.9 Å². The van der Waals surface area contributed by atoms with Crippen molar-refractivity contribution in [1.29, 1.82) is 0 Å². The Morgan fingerprint density at radius 3 is 3.05 bits per heavy atom. The summed E-state index contributed by atoms with van der Waals surface area (Å²) in [5.74, 6) is 0.915. The van der Waals surface area contributed by atoms with Gasteiger partial charge in [-0.3, -0.25) is 0 Å². The van der Waals surface area contributed by atoms with E-state index >= 15 is 0 Å². The summed E-state index contributed by atoms with van der Waals surface area (Å²) in [7, 11) is 0. The topological polar surface area (TPSA) is 38.7 Å². The lowest BCUT2D eigenvalue weighted by molar-refractivity contribution is 0.0821. The Kier molecular flexibility index (Phi) is 5.49. The third kappa shape index (κ3) is 4.10. The van der Waals surface area contributed by atoms with E-state index in [-0.39, 0.29) is 0 Å². The van der Waals surface area contributed by atoms with Gasteiger partial charge in [-0.25, -0.2) is 0 Å². The molecule has 0 radical (unpaired) electrons. The fourth-order valence-electron chi connectivity index (χ4n) is 2.32. The molecule has 1 heterocycles. The van der Waals surface area contributed by atoms with Crippen LogP contribution >= 0.6 is 11.6 Å². The number of aliphatic hydroxyl groups excluding tert-OH is 1. The highest BCUT2D eigenvalue weighted by molar-refractivity contribution is 6.30. The predicted octanol–water partition coefficient (Wildman–Crippen LogP) is 3.00. The molecule has 0 amide bonds. The summed E-state index contributed by atoms with van der Waals surface area (Å²) in [4.78, 5) is 0. The molecule has 0 aliphatic carbocycles. The fourth-order valence-corrected chi connectivity index (χ4v) is 2.58. The molecular weight excluding hydrogens is 264 g/mol. The second-order valence-corrected chi connectivity index (χ2v) is 5.35. The molecule has 0 bridgehead atoms. The molecule has 4 heteroatoms. The molecule has 0 spiro atoms. The number of halogens is 1.